The van der Waals surface area contributed by atoms with Crippen molar-refractivity contribution < 1.29 is 27.0 Å². The van der Waals surface area contributed by atoms with Gasteiger partial charge < -0.3 is 14.2 Å². The van der Waals surface area contributed by atoms with Crippen LogP contribution in [0.2, 0.25) is 0 Å². The lowest BCUT2D eigenvalue weighted by Crippen LogP contribution is -2.27. The van der Waals surface area contributed by atoms with E-state index in [0.717, 1.165) is 6.07 Å². The van der Waals surface area contributed by atoms with Crippen LogP contribution >= 0.6 is 0 Å². The third-order valence-electron chi connectivity index (χ3n) is 3.67. The largest absolute Gasteiger partial charge is 0.494 e. The number of sulfonamides is 1. The summed E-state index contributed by atoms with van der Waals surface area (Å²) in [7, 11) is 0.414. The Morgan fingerprint density at radius 1 is 0.920 bits per heavy atom. The fraction of sp³-hybridized carbons (Fsp3) is 0.294. The van der Waals surface area contributed by atoms with Crippen molar-refractivity contribution in [2.75, 3.05) is 21.3 Å². The van der Waals surface area contributed by atoms with Gasteiger partial charge in [-0.25, -0.2) is 17.5 Å². The molecule has 0 unspecified atom stereocenters. The predicted octanol–water partition coefficient (Wildman–Crippen LogP) is 2.89. The summed E-state index contributed by atoms with van der Waals surface area (Å²) < 4.78 is 56.4. The van der Waals surface area contributed by atoms with Crippen LogP contribution in [0.25, 0.3) is 0 Å². The molecule has 0 aliphatic rings. The number of halogens is 1. The quantitative estimate of drug-likeness (QED) is 0.812. The predicted molar refractivity (Wildman–Crippen MR) is 91.2 cm³/mol. The maximum Gasteiger partial charge on any atom is 0.241 e. The molecule has 2 aromatic carbocycles. The molecule has 2 rings (SSSR count). The van der Waals surface area contributed by atoms with Gasteiger partial charge in [0.25, 0.3) is 0 Å². The van der Waals surface area contributed by atoms with Gasteiger partial charge in [0.05, 0.1) is 26.2 Å². The van der Waals surface area contributed by atoms with Crippen molar-refractivity contribution in [3.8, 4) is 17.2 Å². The van der Waals surface area contributed by atoms with E-state index in [1.54, 1.807) is 25.1 Å². The Kier molecular flexibility index (Phi) is 5.86. The topological polar surface area (TPSA) is 73.9 Å². The Morgan fingerprint density at radius 2 is 1.52 bits per heavy atom. The van der Waals surface area contributed by atoms with Crippen LogP contribution in [-0.2, 0) is 10.0 Å². The van der Waals surface area contributed by atoms with Crippen molar-refractivity contribution in [1.29, 1.82) is 0 Å². The molecule has 136 valence electrons. The Hall–Kier alpha value is -2.32. The number of rotatable bonds is 7. The third-order valence-corrected chi connectivity index (χ3v) is 5.21. The Balaban J connectivity index is 2.26. The van der Waals surface area contributed by atoms with E-state index in [4.69, 9.17) is 14.2 Å². The van der Waals surface area contributed by atoms with Gasteiger partial charge in [-0.3, -0.25) is 0 Å². The standard InChI is InChI=1S/C17H20FNO5S/c1-11(12-5-7-16(23-3)17(9-12)24-4)19-25(20,21)13-6-8-15(22-2)14(18)10-13/h5-11,19H,1-4H3/t11-/m0/s1. The van der Waals surface area contributed by atoms with E-state index in [1.165, 1.54) is 33.5 Å². The van der Waals surface area contributed by atoms with Crippen LogP contribution in [0.1, 0.15) is 18.5 Å². The van der Waals surface area contributed by atoms with Gasteiger partial charge in [0.15, 0.2) is 23.1 Å². The zero-order valence-electron chi connectivity index (χ0n) is 14.4. The summed E-state index contributed by atoms with van der Waals surface area (Å²) >= 11 is 0. The van der Waals surface area contributed by atoms with E-state index in [0.29, 0.717) is 17.1 Å². The highest BCUT2D eigenvalue weighted by atomic mass is 32.2. The van der Waals surface area contributed by atoms with Crippen LogP contribution in [0.4, 0.5) is 4.39 Å². The molecule has 6 nitrogen and oxygen atoms in total. The molecule has 25 heavy (non-hydrogen) atoms. The molecular weight excluding hydrogens is 349 g/mol. The maximum absolute atomic E-state index is 13.8. The second kappa shape index (κ2) is 7.71. The van der Waals surface area contributed by atoms with Gasteiger partial charge in [-0.2, -0.15) is 0 Å². The maximum atomic E-state index is 13.8. The molecule has 1 atom stereocenters. The first-order valence-corrected chi connectivity index (χ1v) is 8.88. The Bertz CT molecular complexity index is 854. The molecule has 2 aromatic rings. The number of nitrogens with one attached hydrogen (secondary N) is 1. The lowest BCUT2D eigenvalue weighted by molar-refractivity contribution is 0.354. The monoisotopic (exact) mass is 369 g/mol. The molecule has 0 spiro atoms. The molecule has 0 aromatic heterocycles. The summed E-state index contributed by atoms with van der Waals surface area (Å²) in [5.41, 5.74) is 0.676. The minimum Gasteiger partial charge on any atom is -0.494 e. The van der Waals surface area contributed by atoms with Crippen molar-refractivity contribution in [2.24, 2.45) is 0 Å². The average Bonchev–Trinajstić information content (AvgIpc) is 2.60. The number of methoxy groups -OCH3 is 3. The first-order valence-electron chi connectivity index (χ1n) is 7.40. The molecule has 0 saturated heterocycles. The highest BCUT2D eigenvalue weighted by Gasteiger charge is 2.21. The average molecular weight is 369 g/mol. The number of benzene rings is 2. The van der Waals surface area contributed by atoms with Gasteiger partial charge in [-0.05, 0) is 42.8 Å². The van der Waals surface area contributed by atoms with E-state index in [2.05, 4.69) is 4.72 Å². The Labute approximate surface area is 146 Å². The van der Waals surface area contributed by atoms with Gasteiger partial charge in [0, 0.05) is 6.04 Å². The first kappa shape index (κ1) is 19.0. The fourth-order valence-electron chi connectivity index (χ4n) is 2.31. The fourth-order valence-corrected chi connectivity index (χ4v) is 3.55. The van der Waals surface area contributed by atoms with E-state index in [-0.39, 0.29) is 10.6 Å². The summed E-state index contributed by atoms with van der Waals surface area (Å²) in [6.45, 7) is 1.68. The van der Waals surface area contributed by atoms with Crippen molar-refractivity contribution in [2.45, 2.75) is 17.9 Å². The normalized spacial score (nSPS) is 12.5. The summed E-state index contributed by atoms with van der Waals surface area (Å²) in [6.07, 6.45) is 0. The van der Waals surface area contributed by atoms with Gasteiger partial charge in [0.1, 0.15) is 0 Å². The Morgan fingerprint density at radius 3 is 2.08 bits per heavy atom. The van der Waals surface area contributed by atoms with Gasteiger partial charge >= 0.3 is 0 Å². The zero-order chi connectivity index (χ0) is 18.6. The van der Waals surface area contributed by atoms with Crippen LogP contribution in [0.3, 0.4) is 0 Å². The molecule has 0 amide bonds. The van der Waals surface area contributed by atoms with Crippen LogP contribution in [-0.4, -0.2) is 29.7 Å². The van der Waals surface area contributed by atoms with Crippen molar-refractivity contribution in [3.05, 3.63) is 47.8 Å². The van der Waals surface area contributed by atoms with Crippen molar-refractivity contribution >= 4 is 10.0 Å². The van der Waals surface area contributed by atoms with Crippen molar-refractivity contribution in [3.63, 3.8) is 0 Å². The molecule has 0 saturated carbocycles. The molecule has 0 fully saturated rings. The second-order valence-corrected chi connectivity index (χ2v) is 6.97. The van der Waals surface area contributed by atoms with Gasteiger partial charge in [0.2, 0.25) is 10.0 Å². The lowest BCUT2D eigenvalue weighted by Gasteiger charge is -2.17. The molecular formula is C17H20FNO5S. The van der Waals surface area contributed by atoms with E-state index in [9.17, 15) is 12.8 Å². The highest BCUT2D eigenvalue weighted by Crippen LogP contribution is 2.30. The zero-order valence-corrected chi connectivity index (χ0v) is 15.2. The number of ether oxygens (including phenoxy) is 3. The first-order chi connectivity index (χ1) is 11.8. The summed E-state index contributed by atoms with van der Waals surface area (Å²) in [5, 5.41) is 0. The van der Waals surface area contributed by atoms with Crippen LogP contribution in [0, 0.1) is 5.82 Å². The highest BCUT2D eigenvalue weighted by molar-refractivity contribution is 7.89. The third kappa shape index (κ3) is 4.21. The summed E-state index contributed by atoms with van der Waals surface area (Å²) in [6, 6.07) is 8.00. The molecule has 0 radical (unpaired) electrons. The van der Waals surface area contributed by atoms with E-state index < -0.39 is 21.9 Å². The molecule has 0 aliphatic heterocycles. The molecule has 0 bridgehead atoms. The summed E-state index contributed by atoms with van der Waals surface area (Å²) in [4.78, 5) is -0.182. The second-order valence-electron chi connectivity index (χ2n) is 5.25. The SMILES string of the molecule is COc1ccc(S(=O)(=O)N[C@@H](C)c2ccc(OC)c(OC)c2)cc1F. The molecule has 8 heteroatoms. The minimum absolute atomic E-state index is 0.0214. The van der Waals surface area contributed by atoms with E-state index >= 15 is 0 Å². The molecule has 0 aliphatic carbocycles. The molecule has 1 N–H and O–H groups in total. The van der Waals surface area contributed by atoms with Crippen molar-refractivity contribution in [1.82, 2.24) is 4.72 Å². The van der Waals surface area contributed by atoms with Gasteiger partial charge in [-0.15, -0.1) is 0 Å². The smallest absolute Gasteiger partial charge is 0.241 e. The number of hydrogen-bond donors (Lipinski definition) is 1. The lowest BCUT2D eigenvalue weighted by atomic mass is 10.1. The van der Waals surface area contributed by atoms with Crippen LogP contribution in [0.5, 0.6) is 17.2 Å². The van der Waals surface area contributed by atoms with Gasteiger partial charge in [-0.1, -0.05) is 6.07 Å². The minimum atomic E-state index is -3.91. The number of hydrogen-bond acceptors (Lipinski definition) is 5. The summed E-state index contributed by atoms with van der Waals surface area (Å²) in [5.74, 6) is 0.260. The molecule has 0 heterocycles. The van der Waals surface area contributed by atoms with Crippen LogP contribution < -0.4 is 18.9 Å². The van der Waals surface area contributed by atoms with Crippen LogP contribution in [0.15, 0.2) is 41.3 Å². The van der Waals surface area contributed by atoms with E-state index in [1.807, 2.05) is 0 Å².